The van der Waals surface area contributed by atoms with Crippen molar-refractivity contribution in [1.29, 1.82) is 0 Å². The van der Waals surface area contributed by atoms with E-state index < -0.39 is 5.60 Å². The van der Waals surface area contributed by atoms with Crippen molar-refractivity contribution in [2.24, 2.45) is 5.92 Å². The molecule has 1 aliphatic rings. The summed E-state index contributed by atoms with van der Waals surface area (Å²) < 4.78 is 21.0. The zero-order valence-electron chi connectivity index (χ0n) is 11.3. The van der Waals surface area contributed by atoms with Gasteiger partial charge in [-0.05, 0) is 19.1 Å². The molecule has 1 aromatic heterocycles. The smallest absolute Gasteiger partial charge is 0.137 e. The number of benzene rings is 1. The van der Waals surface area contributed by atoms with Crippen LogP contribution in [0, 0.1) is 11.7 Å². The fraction of sp³-hybridized carbons (Fsp3) is 0.429. The molecule has 0 amide bonds. The Morgan fingerprint density at radius 2 is 2.25 bits per heavy atom. The maximum Gasteiger partial charge on any atom is 0.137 e. The molecule has 3 unspecified atom stereocenters. The summed E-state index contributed by atoms with van der Waals surface area (Å²) in [5.74, 6) is -0.107. The molecule has 0 spiro atoms. The zero-order valence-corrected chi connectivity index (χ0v) is 12.0. The van der Waals surface area contributed by atoms with E-state index >= 15 is 0 Å². The maximum absolute atomic E-state index is 13.3. The van der Waals surface area contributed by atoms with Crippen LogP contribution in [0.15, 0.2) is 30.9 Å². The Bertz CT molecular complexity index is 619. The SMILES string of the molecule is CC1OC(Cn2cncn2)(c2ccc(F)cc2Cl)C1C. The third-order valence-electron chi connectivity index (χ3n) is 4.09. The lowest BCUT2D eigenvalue weighted by molar-refractivity contribution is -0.263. The Balaban J connectivity index is 2.02. The Hall–Kier alpha value is -1.46. The van der Waals surface area contributed by atoms with E-state index in [0.29, 0.717) is 11.6 Å². The van der Waals surface area contributed by atoms with Gasteiger partial charge in [0.2, 0.25) is 0 Å². The predicted octanol–water partition coefficient (Wildman–Crippen LogP) is 3.02. The van der Waals surface area contributed by atoms with Gasteiger partial charge in [0.25, 0.3) is 0 Å². The summed E-state index contributed by atoms with van der Waals surface area (Å²) in [6, 6.07) is 4.42. The molecule has 1 aliphatic heterocycles. The molecule has 1 saturated heterocycles. The molecule has 6 heteroatoms. The minimum Gasteiger partial charge on any atom is -0.365 e. The van der Waals surface area contributed by atoms with Crippen LogP contribution in [-0.2, 0) is 16.9 Å². The minimum absolute atomic E-state index is 0.125. The van der Waals surface area contributed by atoms with Crippen LogP contribution in [0.1, 0.15) is 19.4 Å². The van der Waals surface area contributed by atoms with Crippen molar-refractivity contribution >= 4 is 11.6 Å². The first-order chi connectivity index (χ1) is 9.53. The molecule has 3 atom stereocenters. The largest absolute Gasteiger partial charge is 0.365 e. The standard InChI is InChI=1S/C14H15ClFN3O/c1-9-10(2)20-14(9,6-19-8-17-7-18-19)12-4-3-11(16)5-13(12)15/h3-5,7-10H,6H2,1-2H3. The number of halogens is 2. The summed E-state index contributed by atoms with van der Waals surface area (Å²) in [4.78, 5) is 3.94. The highest BCUT2D eigenvalue weighted by molar-refractivity contribution is 6.31. The number of nitrogens with zero attached hydrogens (tertiary/aromatic N) is 3. The molecule has 106 valence electrons. The minimum atomic E-state index is -0.585. The van der Waals surface area contributed by atoms with Crippen molar-refractivity contribution in [3.05, 3.63) is 47.3 Å². The molecular weight excluding hydrogens is 281 g/mol. The van der Waals surface area contributed by atoms with Gasteiger partial charge in [0.1, 0.15) is 24.1 Å². The van der Waals surface area contributed by atoms with Crippen LogP contribution < -0.4 is 0 Å². The second kappa shape index (κ2) is 4.82. The van der Waals surface area contributed by atoms with Crippen LogP contribution >= 0.6 is 11.6 Å². The van der Waals surface area contributed by atoms with E-state index in [1.165, 1.54) is 18.5 Å². The summed E-state index contributed by atoms with van der Waals surface area (Å²) >= 11 is 6.21. The number of hydrogen-bond donors (Lipinski definition) is 0. The van der Waals surface area contributed by atoms with Gasteiger partial charge in [0.15, 0.2) is 0 Å². The monoisotopic (exact) mass is 295 g/mol. The number of rotatable bonds is 3. The molecule has 3 rings (SSSR count). The first kappa shape index (κ1) is 13.5. The highest BCUT2D eigenvalue weighted by Crippen LogP contribution is 2.50. The van der Waals surface area contributed by atoms with Gasteiger partial charge in [-0.2, -0.15) is 5.10 Å². The molecule has 0 N–H and O–H groups in total. The Morgan fingerprint density at radius 3 is 2.80 bits per heavy atom. The van der Waals surface area contributed by atoms with Crippen molar-refractivity contribution in [2.75, 3.05) is 0 Å². The molecule has 0 saturated carbocycles. The third-order valence-corrected chi connectivity index (χ3v) is 4.40. The van der Waals surface area contributed by atoms with Crippen LogP contribution in [0.3, 0.4) is 0 Å². The summed E-state index contributed by atoms with van der Waals surface area (Å²) in [6.45, 7) is 4.62. The summed E-state index contributed by atoms with van der Waals surface area (Å²) in [5.41, 5.74) is 0.208. The first-order valence-corrected chi connectivity index (χ1v) is 6.86. The van der Waals surface area contributed by atoms with Gasteiger partial charge in [-0.3, -0.25) is 0 Å². The van der Waals surface area contributed by atoms with E-state index in [2.05, 4.69) is 17.0 Å². The van der Waals surface area contributed by atoms with Crippen LogP contribution in [0.5, 0.6) is 0 Å². The highest BCUT2D eigenvalue weighted by atomic mass is 35.5. The summed E-state index contributed by atoms with van der Waals surface area (Å²) in [7, 11) is 0. The number of hydrogen-bond acceptors (Lipinski definition) is 3. The molecule has 0 radical (unpaired) electrons. The lowest BCUT2D eigenvalue weighted by atomic mass is 9.73. The van der Waals surface area contributed by atoms with E-state index in [1.54, 1.807) is 17.1 Å². The Labute approximate surface area is 121 Å². The third kappa shape index (κ3) is 2.01. The van der Waals surface area contributed by atoms with Crippen molar-refractivity contribution in [3.8, 4) is 0 Å². The fourth-order valence-corrected chi connectivity index (χ4v) is 3.14. The van der Waals surface area contributed by atoms with E-state index in [4.69, 9.17) is 16.3 Å². The van der Waals surface area contributed by atoms with Gasteiger partial charge >= 0.3 is 0 Å². The maximum atomic E-state index is 13.3. The summed E-state index contributed by atoms with van der Waals surface area (Å²) in [6.07, 6.45) is 3.24. The first-order valence-electron chi connectivity index (χ1n) is 6.49. The second-order valence-corrected chi connectivity index (χ2v) is 5.63. The predicted molar refractivity (Wildman–Crippen MR) is 72.8 cm³/mol. The molecule has 4 nitrogen and oxygen atoms in total. The van der Waals surface area contributed by atoms with Crippen molar-refractivity contribution < 1.29 is 9.13 Å². The van der Waals surface area contributed by atoms with Gasteiger partial charge in [0.05, 0.1) is 12.6 Å². The molecule has 2 aromatic rings. The van der Waals surface area contributed by atoms with E-state index in [-0.39, 0.29) is 17.8 Å². The van der Waals surface area contributed by atoms with Crippen LogP contribution in [0.25, 0.3) is 0 Å². The van der Waals surface area contributed by atoms with Crippen LogP contribution in [0.2, 0.25) is 5.02 Å². The zero-order chi connectivity index (χ0) is 14.3. The molecule has 1 aromatic carbocycles. The molecule has 2 heterocycles. The lowest BCUT2D eigenvalue weighted by Crippen LogP contribution is -2.57. The quantitative estimate of drug-likeness (QED) is 0.874. The molecule has 0 aliphatic carbocycles. The van der Waals surface area contributed by atoms with E-state index in [9.17, 15) is 4.39 Å². The van der Waals surface area contributed by atoms with Crippen molar-refractivity contribution in [1.82, 2.24) is 14.8 Å². The van der Waals surface area contributed by atoms with Crippen molar-refractivity contribution in [3.63, 3.8) is 0 Å². The topological polar surface area (TPSA) is 39.9 Å². The average molecular weight is 296 g/mol. The Morgan fingerprint density at radius 1 is 1.45 bits per heavy atom. The molecular formula is C14H15ClFN3O. The van der Waals surface area contributed by atoms with Gasteiger partial charge in [-0.15, -0.1) is 0 Å². The highest BCUT2D eigenvalue weighted by Gasteiger charge is 2.53. The lowest BCUT2D eigenvalue weighted by Gasteiger charge is -2.53. The normalized spacial score (nSPS) is 29.2. The van der Waals surface area contributed by atoms with Crippen LogP contribution in [-0.4, -0.2) is 20.9 Å². The van der Waals surface area contributed by atoms with Gasteiger partial charge < -0.3 is 4.74 Å². The fourth-order valence-electron chi connectivity index (χ4n) is 2.81. The molecule has 1 fully saturated rings. The van der Waals surface area contributed by atoms with E-state index in [0.717, 1.165) is 5.56 Å². The van der Waals surface area contributed by atoms with Gasteiger partial charge in [-0.25, -0.2) is 14.1 Å². The second-order valence-electron chi connectivity index (χ2n) is 5.22. The molecule has 20 heavy (non-hydrogen) atoms. The number of aromatic nitrogens is 3. The average Bonchev–Trinajstić information content (AvgIpc) is 2.90. The summed E-state index contributed by atoms with van der Waals surface area (Å²) in [5, 5.41) is 4.50. The molecule has 0 bridgehead atoms. The van der Waals surface area contributed by atoms with E-state index in [1.807, 2.05) is 6.92 Å². The van der Waals surface area contributed by atoms with Crippen LogP contribution in [0.4, 0.5) is 4.39 Å². The number of ether oxygens (including phenoxy) is 1. The Kier molecular flexibility index (Phi) is 3.26. The van der Waals surface area contributed by atoms with Gasteiger partial charge in [-0.1, -0.05) is 24.6 Å². The van der Waals surface area contributed by atoms with Crippen molar-refractivity contribution in [2.45, 2.75) is 32.1 Å². The van der Waals surface area contributed by atoms with Gasteiger partial charge in [0, 0.05) is 16.5 Å².